The molecular formula is C17H11Cl2F7N2O. The Morgan fingerprint density at radius 2 is 1.48 bits per heavy atom. The van der Waals surface area contributed by atoms with Crippen molar-refractivity contribution in [2.24, 2.45) is 5.10 Å². The fourth-order valence-electron chi connectivity index (χ4n) is 1.96. The third-order valence-electron chi connectivity index (χ3n) is 3.42. The van der Waals surface area contributed by atoms with Crippen molar-refractivity contribution in [1.29, 1.82) is 0 Å². The molecule has 0 unspecified atom stereocenters. The number of hydrogen-bond acceptors (Lipinski definition) is 3. The number of nitrogens with one attached hydrogen (secondary N) is 1. The number of nitrogens with zero attached hydrogens (tertiary/aromatic N) is 1. The first kappa shape index (κ1) is 23.1. The van der Waals surface area contributed by atoms with E-state index in [4.69, 9.17) is 27.9 Å². The summed E-state index contributed by atoms with van der Waals surface area (Å²) in [5.74, 6) is -6.27. The molecule has 0 heterocycles. The second kappa shape index (κ2) is 8.66. The van der Waals surface area contributed by atoms with E-state index in [0.29, 0.717) is 11.6 Å². The van der Waals surface area contributed by atoms with Crippen LogP contribution in [0, 0.1) is 0 Å². The molecule has 2 aromatic rings. The zero-order valence-corrected chi connectivity index (χ0v) is 15.6. The lowest BCUT2D eigenvalue weighted by Crippen LogP contribution is -2.58. The second-order valence-electron chi connectivity index (χ2n) is 5.60. The Kier molecular flexibility index (Phi) is 6.89. The van der Waals surface area contributed by atoms with E-state index in [0.717, 1.165) is 17.7 Å². The van der Waals surface area contributed by atoms with Gasteiger partial charge in [0.1, 0.15) is 6.61 Å². The highest BCUT2D eigenvalue weighted by Crippen LogP contribution is 2.45. The van der Waals surface area contributed by atoms with Gasteiger partial charge in [-0.15, -0.1) is 0 Å². The van der Waals surface area contributed by atoms with E-state index in [2.05, 4.69) is 5.10 Å². The van der Waals surface area contributed by atoms with Crippen LogP contribution in [0.4, 0.5) is 30.7 Å². The van der Waals surface area contributed by atoms with Gasteiger partial charge in [0, 0.05) is 0 Å². The highest BCUT2D eigenvalue weighted by atomic mass is 35.5. The van der Waals surface area contributed by atoms with Crippen LogP contribution in [0.15, 0.2) is 47.6 Å². The van der Waals surface area contributed by atoms with Crippen molar-refractivity contribution in [1.82, 2.24) is 5.43 Å². The number of hydrazone groups is 1. The average molecular weight is 463 g/mol. The Bertz CT molecular complexity index is 851. The number of hydrogen-bond donors (Lipinski definition) is 1. The minimum atomic E-state index is -6.47. The van der Waals surface area contributed by atoms with Gasteiger partial charge < -0.3 is 4.74 Å². The molecule has 0 bridgehead atoms. The second-order valence-corrected chi connectivity index (χ2v) is 6.42. The van der Waals surface area contributed by atoms with Gasteiger partial charge in [0.05, 0.1) is 16.3 Å². The Labute approximate surface area is 170 Å². The van der Waals surface area contributed by atoms with Gasteiger partial charge >= 0.3 is 18.1 Å². The molecule has 0 aliphatic rings. The van der Waals surface area contributed by atoms with Crippen LogP contribution in [0.5, 0.6) is 5.75 Å². The van der Waals surface area contributed by atoms with Gasteiger partial charge in [-0.05, 0) is 23.3 Å². The molecule has 0 fully saturated rings. The third kappa shape index (κ3) is 5.45. The van der Waals surface area contributed by atoms with Crippen molar-refractivity contribution in [2.75, 3.05) is 0 Å². The summed E-state index contributed by atoms with van der Waals surface area (Å²) in [5, 5.41) is 2.63. The van der Waals surface area contributed by atoms with Crippen molar-refractivity contribution in [3.05, 3.63) is 63.6 Å². The number of rotatable bonds is 7. The molecule has 0 radical (unpaired) electrons. The monoisotopic (exact) mass is 462 g/mol. The predicted octanol–water partition coefficient (Wildman–Crippen LogP) is 6.29. The molecule has 29 heavy (non-hydrogen) atoms. The van der Waals surface area contributed by atoms with Gasteiger partial charge in [-0.1, -0.05) is 53.5 Å². The molecule has 0 amide bonds. The molecule has 158 valence electrons. The van der Waals surface area contributed by atoms with Gasteiger partial charge in [0.2, 0.25) is 0 Å². The van der Waals surface area contributed by atoms with Gasteiger partial charge in [-0.2, -0.15) is 35.8 Å². The van der Waals surface area contributed by atoms with E-state index < -0.39 is 18.1 Å². The molecule has 0 aliphatic carbocycles. The van der Waals surface area contributed by atoms with Crippen LogP contribution < -0.4 is 10.2 Å². The fourth-order valence-corrected chi connectivity index (χ4v) is 2.57. The van der Waals surface area contributed by atoms with Crippen LogP contribution >= 0.6 is 23.2 Å². The minimum absolute atomic E-state index is 0.0503. The van der Waals surface area contributed by atoms with Crippen LogP contribution in [-0.2, 0) is 6.61 Å². The summed E-state index contributed by atoms with van der Waals surface area (Å²) in [5.41, 5.74) is 1.26. The molecule has 2 rings (SSSR count). The number of ether oxygens (including phenoxy) is 1. The van der Waals surface area contributed by atoms with Gasteiger partial charge in [-0.25, -0.2) is 5.43 Å². The SMILES string of the molecule is FC(F)(F)C(F)(F)C(F)(F)N/N=C/c1cc(Cl)c(OCc2ccccc2)c(Cl)c1. The summed E-state index contributed by atoms with van der Waals surface area (Å²) in [6.45, 7) is 0.119. The van der Waals surface area contributed by atoms with Gasteiger partial charge in [0.25, 0.3) is 0 Å². The van der Waals surface area contributed by atoms with E-state index in [1.165, 1.54) is 0 Å². The number of halogens is 9. The highest BCUT2D eigenvalue weighted by Gasteiger charge is 2.73. The maximum absolute atomic E-state index is 13.1. The molecular weight excluding hydrogens is 452 g/mol. The normalized spacial score (nSPS) is 13.0. The highest BCUT2D eigenvalue weighted by molar-refractivity contribution is 6.37. The lowest BCUT2D eigenvalue weighted by Gasteiger charge is -2.27. The molecule has 0 saturated heterocycles. The molecule has 0 saturated carbocycles. The van der Waals surface area contributed by atoms with Crippen molar-refractivity contribution in [3.8, 4) is 5.75 Å². The van der Waals surface area contributed by atoms with Crippen LogP contribution in [0.2, 0.25) is 10.0 Å². The van der Waals surface area contributed by atoms with Crippen LogP contribution in [0.25, 0.3) is 0 Å². The van der Waals surface area contributed by atoms with Crippen molar-refractivity contribution < 1.29 is 35.5 Å². The number of alkyl halides is 7. The lowest BCUT2D eigenvalue weighted by atomic mass is 10.2. The Morgan fingerprint density at radius 3 is 2.00 bits per heavy atom. The zero-order chi connectivity index (χ0) is 21.9. The van der Waals surface area contributed by atoms with E-state index >= 15 is 0 Å². The van der Waals surface area contributed by atoms with Gasteiger partial charge in [0.15, 0.2) is 5.75 Å². The standard InChI is InChI=1S/C17H11Cl2F7N2O/c18-12-6-11(8-27-28-17(25,26)15(20,21)16(22,23)24)7-13(19)14(12)29-9-10-4-2-1-3-5-10/h1-8,28H,9H2/b27-8+. The summed E-state index contributed by atoms with van der Waals surface area (Å²) in [4.78, 5) is 0. The maximum atomic E-state index is 13.1. The average Bonchev–Trinajstić information content (AvgIpc) is 2.60. The zero-order valence-electron chi connectivity index (χ0n) is 14.1. The molecule has 0 aromatic heterocycles. The van der Waals surface area contributed by atoms with E-state index in [1.807, 2.05) is 0 Å². The van der Waals surface area contributed by atoms with Crippen molar-refractivity contribution >= 4 is 29.4 Å². The van der Waals surface area contributed by atoms with Gasteiger partial charge in [-0.3, -0.25) is 0 Å². The molecule has 2 aromatic carbocycles. The molecule has 0 spiro atoms. The Morgan fingerprint density at radius 1 is 0.931 bits per heavy atom. The molecule has 0 atom stereocenters. The smallest absolute Gasteiger partial charge is 0.462 e. The summed E-state index contributed by atoms with van der Waals surface area (Å²) in [6.07, 6.45) is -5.91. The number of benzene rings is 2. The predicted molar refractivity (Wildman–Crippen MR) is 93.9 cm³/mol. The summed E-state index contributed by atoms with van der Waals surface area (Å²) < 4.78 is 93.4. The van der Waals surface area contributed by atoms with Crippen LogP contribution in [0.1, 0.15) is 11.1 Å². The van der Waals surface area contributed by atoms with Crippen LogP contribution in [0.3, 0.4) is 0 Å². The van der Waals surface area contributed by atoms with E-state index in [9.17, 15) is 30.7 Å². The van der Waals surface area contributed by atoms with Crippen molar-refractivity contribution in [2.45, 2.75) is 24.8 Å². The minimum Gasteiger partial charge on any atom is -0.486 e. The summed E-state index contributed by atoms with van der Waals surface area (Å²) in [7, 11) is 0. The Hall–Kier alpha value is -2.20. The lowest BCUT2D eigenvalue weighted by molar-refractivity contribution is -0.361. The fraction of sp³-hybridized carbons (Fsp3) is 0.235. The Balaban J connectivity index is 2.10. The first-order valence-corrected chi connectivity index (χ1v) is 8.39. The maximum Gasteiger partial charge on any atom is 0.462 e. The van der Waals surface area contributed by atoms with Crippen molar-refractivity contribution in [3.63, 3.8) is 0 Å². The van der Waals surface area contributed by atoms with E-state index in [1.54, 1.807) is 30.3 Å². The quantitative estimate of drug-likeness (QED) is 0.227. The molecule has 3 nitrogen and oxygen atoms in total. The first-order valence-electron chi connectivity index (χ1n) is 7.63. The first-order chi connectivity index (χ1) is 13.3. The van der Waals surface area contributed by atoms with Crippen LogP contribution in [-0.4, -0.2) is 24.4 Å². The topological polar surface area (TPSA) is 33.6 Å². The summed E-state index contributed by atoms with van der Waals surface area (Å²) >= 11 is 12.0. The molecule has 1 N–H and O–H groups in total. The largest absolute Gasteiger partial charge is 0.486 e. The molecule has 12 heteroatoms. The van der Waals surface area contributed by atoms with E-state index in [-0.39, 0.29) is 28.0 Å². The third-order valence-corrected chi connectivity index (χ3v) is 3.98. The molecule has 0 aliphatic heterocycles. The summed E-state index contributed by atoms with van der Waals surface area (Å²) in [6, 6.07) is 5.57.